The van der Waals surface area contributed by atoms with Gasteiger partial charge in [0.25, 0.3) is 0 Å². The lowest BCUT2D eigenvalue weighted by atomic mass is 10.1. The maximum absolute atomic E-state index is 13.3. The van der Waals surface area contributed by atoms with Crippen LogP contribution in [0.15, 0.2) is 22.0 Å². The highest BCUT2D eigenvalue weighted by Gasteiger charge is 2.16. The number of carbonyl (C=O) groups is 1. The Labute approximate surface area is 113 Å². The van der Waals surface area contributed by atoms with Gasteiger partial charge >= 0.3 is 5.97 Å². The quantitative estimate of drug-likeness (QED) is 0.918. The molecule has 90 valence electrons. The molecule has 0 saturated carbocycles. The van der Waals surface area contributed by atoms with Crippen LogP contribution in [0.4, 0.5) is 4.39 Å². The van der Waals surface area contributed by atoms with Crippen LogP contribution in [0.1, 0.15) is 15.4 Å². The van der Waals surface area contributed by atoms with Crippen molar-refractivity contribution in [3.8, 4) is 17.3 Å². The summed E-state index contributed by atoms with van der Waals surface area (Å²) in [5.41, 5.74) is 0.831. The molecule has 2 rings (SSSR count). The summed E-state index contributed by atoms with van der Waals surface area (Å²) in [6, 6.07) is 5.58. The van der Waals surface area contributed by atoms with Gasteiger partial charge in [-0.05, 0) is 34.1 Å². The fourth-order valence-electron chi connectivity index (χ4n) is 1.36. The molecule has 0 saturated heterocycles. The molecule has 0 amide bonds. The fraction of sp³-hybridized carbons (Fsp3) is 0. The van der Waals surface area contributed by atoms with Crippen molar-refractivity contribution in [1.82, 2.24) is 4.98 Å². The summed E-state index contributed by atoms with van der Waals surface area (Å²) in [4.78, 5) is 14.7. The Hall–Kier alpha value is -1.78. The van der Waals surface area contributed by atoms with Crippen molar-refractivity contribution < 1.29 is 14.3 Å². The van der Waals surface area contributed by atoms with Gasteiger partial charge in [0.15, 0.2) is 0 Å². The second kappa shape index (κ2) is 4.84. The second-order valence-corrected chi connectivity index (χ2v) is 5.60. The van der Waals surface area contributed by atoms with Crippen molar-refractivity contribution in [2.75, 3.05) is 0 Å². The lowest BCUT2D eigenvalue weighted by Crippen LogP contribution is -1.94. The third-order valence-electron chi connectivity index (χ3n) is 2.07. The van der Waals surface area contributed by atoms with E-state index in [4.69, 9.17) is 10.4 Å². The zero-order chi connectivity index (χ0) is 13.3. The van der Waals surface area contributed by atoms with Gasteiger partial charge in [0.1, 0.15) is 5.82 Å². The Bertz CT molecular complexity index is 678. The van der Waals surface area contributed by atoms with Crippen LogP contribution < -0.4 is 0 Å². The Morgan fingerprint density at radius 2 is 2.22 bits per heavy atom. The molecule has 0 fully saturated rings. The van der Waals surface area contributed by atoms with Crippen LogP contribution in [0.2, 0.25) is 0 Å². The largest absolute Gasteiger partial charge is 0.476 e. The van der Waals surface area contributed by atoms with Crippen LogP contribution in [-0.2, 0) is 0 Å². The van der Waals surface area contributed by atoms with Crippen molar-refractivity contribution in [3.63, 3.8) is 0 Å². The summed E-state index contributed by atoms with van der Waals surface area (Å²) in [5, 5.41) is 17.5. The summed E-state index contributed by atoms with van der Waals surface area (Å²) in [5.74, 6) is -1.72. The van der Waals surface area contributed by atoms with Crippen molar-refractivity contribution in [2.24, 2.45) is 0 Å². The minimum Gasteiger partial charge on any atom is -0.476 e. The van der Waals surface area contributed by atoms with Crippen LogP contribution in [-0.4, -0.2) is 16.1 Å². The summed E-state index contributed by atoms with van der Waals surface area (Å²) in [6.45, 7) is 0. The molecular formula is C11H4BrFN2O2S. The minimum absolute atomic E-state index is 0.0976. The average Bonchev–Trinajstić information content (AvgIpc) is 2.70. The van der Waals surface area contributed by atoms with Gasteiger partial charge in [-0.2, -0.15) is 5.26 Å². The number of hydrogen-bond acceptors (Lipinski definition) is 4. The molecule has 1 aromatic heterocycles. The molecule has 4 nitrogen and oxygen atoms in total. The Morgan fingerprint density at radius 3 is 2.78 bits per heavy atom. The lowest BCUT2D eigenvalue weighted by Gasteiger charge is -1.99. The Morgan fingerprint density at radius 1 is 1.50 bits per heavy atom. The van der Waals surface area contributed by atoms with E-state index in [2.05, 4.69) is 20.9 Å². The number of thiazole rings is 1. The van der Waals surface area contributed by atoms with Crippen LogP contribution in [0.25, 0.3) is 11.3 Å². The van der Waals surface area contributed by atoms with Gasteiger partial charge in [0, 0.05) is 5.56 Å². The fourth-order valence-corrected chi connectivity index (χ4v) is 2.79. The number of halogens is 2. The number of nitrogens with zero attached hydrogens (tertiary/aromatic N) is 2. The third-order valence-corrected chi connectivity index (χ3v) is 3.76. The van der Waals surface area contributed by atoms with Crippen molar-refractivity contribution >= 4 is 33.2 Å². The zero-order valence-corrected chi connectivity index (χ0v) is 11.0. The summed E-state index contributed by atoms with van der Waals surface area (Å²) >= 11 is 4.12. The number of carboxylic acid groups (broad SMARTS) is 1. The molecule has 0 unspecified atom stereocenters. The van der Waals surface area contributed by atoms with Gasteiger partial charge < -0.3 is 5.11 Å². The van der Waals surface area contributed by atoms with E-state index in [1.165, 1.54) is 12.1 Å². The first-order chi connectivity index (χ1) is 8.51. The predicted molar refractivity (Wildman–Crippen MR) is 66.9 cm³/mol. The van der Waals surface area contributed by atoms with Gasteiger partial charge in [0.05, 0.1) is 21.1 Å². The highest BCUT2D eigenvalue weighted by atomic mass is 79.9. The monoisotopic (exact) mass is 326 g/mol. The number of nitriles is 1. The molecule has 0 radical (unpaired) electrons. The number of benzene rings is 1. The molecule has 0 aliphatic carbocycles. The summed E-state index contributed by atoms with van der Waals surface area (Å²) in [7, 11) is 0. The lowest BCUT2D eigenvalue weighted by molar-refractivity contribution is 0.0696. The second-order valence-electron chi connectivity index (χ2n) is 3.29. The maximum Gasteiger partial charge on any atom is 0.365 e. The first kappa shape index (κ1) is 12.7. The van der Waals surface area contributed by atoms with Crippen LogP contribution in [0.3, 0.4) is 0 Å². The first-order valence-electron chi connectivity index (χ1n) is 4.62. The van der Waals surface area contributed by atoms with Crippen molar-refractivity contribution in [3.05, 3.63) is 38.4 Å². The SMILES string of the molecule is N#Cc1cc(F)cc(-c2nc(C(=O)O)sc2Br)c1. The molecule has 0 aliphatic heterocycles. The Kier molecular flexibility index (Phi) is 3.41. The molecule has 7 heteroatoms. The zero-order valence-electron chi connectivity index (χ0n) is 8.65. The average molecular weight is 327 g/mol. The number of aromatic nitrogens is 1. The Balaban J connectivity index is 2.58. The standard InChI is InChI=1S/C11H4BrFN2O2S/c12-9-8(15-10(18-9)11(16)17)6-1-5(4-14)2-7(13)3-6/h1-3H,(H,16,17). The predicted octanol–water partition coefficient (Wildman–Crippen LogP) is 3.28. The van der Waals surface area contributed by atoms with Crippen LogP contribution in [0.5, 0.6) is 0 Å². The van der Waals surface area contributed by atoms with Gasteiger partial charge in [0.2, 0.25) is 5.01 Å². The van der Waals surface area contributed by atoms with Crippen LogP contribution >= 0.6 is 27.3 Å². The molecule has 0 aliphatic rings. The van der Waals surface area contributed by atoms with E-state index < -0.39 is 11.8 Å². The smallest absolute Gasteiger partial charge is 0.365 e. The third kappa shape index (κ3) is 2.39. The van der Waals surface area contributed by atoms with Crippen LogP contribution in [0, 0.1) is 17.1 Å². The molecule has 0 spiro atoms. The molecule has 1 aromatic carbocycles. The van der Waals surface area contributed by atoms with E-state index >= 15 is 0 Å². The summed E-state index contributed by atoms with van der Waals surface area (Å²) in [6.07, 6.45) is 0. The molecule has 0 atom stereocenters. The van der Waals surface area contributed by atoms with E-state index in [0.717, 1.165) is 17.4 Å². The number of carboxylic acids is 1. The van der Waals surface area contributed by atoms with E-state index in [1.807, 2.05) is 6.07 Å². The topological polar surface area (TPSA) is 74.0 Å². The van der Waals surface area contributed by atoms with E-state index in [-0.39, 0.29) is 10.6 Å². The molecule has 2 aromatic rings. The molecule has 1 heterocycles. The highest BCUT2D eigenvalue weighted by Crippen LogP contribution is 2.33. The van der Waals surface area contributed by atoms with Gasteiger partial charge in [-0.25, -0.2) is 14.2 Å². The van der Waals surface area contributed by atoms with E-state index in [1.54, 1.807) is 0 Å². The number of rotatable bonds is 2. The van der Waals surface area contributed by atoms with E-state index in [0.29, 0.717) is 15.0 Å². The minimum atomic E-state index is -1.15. The van der Waals surface area contributed by atoms with Gasteiger partial charge in [-0.1, -0.05) is 11.3 Å². The number of aromatic carboxylic acids is 1. The summed E-state index contributed by atoms with van der Waals surface area (Å²) < 4.78 is 13.8. The van der Waals surface area contributed by atoms with Gasteiger partial charge in [-0.3, -0.25) is 0 Å². The van der Waals surface area contributed by atoms with Crippen molar-refractivity contribution in [2.45, 2.75) is 0 Å². The molecular weight excluding hydrogens is 323 g/mol. The molecule has 0 bridgehead atoms. The van der Waals surface area contributed by atoms with Crippen molar-refractivity contribution in [1.29, 1.82) is 5.26 Å². The number of hydrogen-bond donors (Lipinski definition) is 1. The van der Waals surface area contributed by atoms with Gasteiger partial charge in [-0.15, -0.1) is 0 Å². The van der Waals surface area contributed by atoms with E-state index in [9.17, 15) is 9.18 Å². The molecule has 1 N–H and O–H groups in total. The normalized spacial score (nSPS) is 10.1. The molecule has 18 heavy (non-hydrogen) atoms. The maximum atomic E-state index is 13.3. The highest BCUT2D eigenvalue weighted by molar-refractivity contribution is 9.11. The first-order valence-corrected chi connectivity index (χ1v) is 6.23.